The average Bonchev–Trinajstić information content (AvgIpc) is 3.37. The van der Waals surface area contributed by atoms with E-state index in [2.05, 4.69) is 23.0 Å². The second-order valence-corrected chi connectivity index (χ2v) is 8.29. The second kappa shape index (κ2) is 6.85. The summed E-state index contributed by atoms with van der Waals surface area (Å²) >= 11 is 0. The molecule has 2 saturated heterocycles. The van der Waals surface area contributed by atoms with Gasteiger partial charge in [0, 0.05) is 0 Å². The van der Waals surface area contributed by atoms with Crippen LogP contribution in [0.1, 0.15) is 45.3 Å². The number of furan rings is 1. The molecule has 4 rings (SSSR count). The highest BCUT2D eigenvalue weighted by Gasteiger charge is 2.54. The molecular weight excluding hydrogens is 394 g/mol. The number of carbonyl (C=O) groups excluding carboxylic acids is 5. The van der Waals surface area contributed by atoms with Crippen LogP contribution in [0.2, 0.25) is 0 Å². The average molecular weight is 417 g/mol. The molecule has 1 unspecified atom stereocenters. The minimum Gasteiger partial charge on any atom is -0.466 e. The highest BCUT2D eigenvalue weighted by Crippen LogP contribution is 2.36. The number of rotatable bonds is 4. The van der Waals surface area contributed by atoms with Crippen LogP contribution in [0.3, 0.4) is 0 Å². The fourth-order valence-electron chi connectivity index (χ4n) is 4.19. The molecule has 0 bridgehead atoms. The summed E-state index contributed by atoms with van der Waals surface area (Å²) in [6.07, 6.45) is 3.96. The van der Waals surface area contributed by atoms with Crippen molar-refractivity contribution in [2.24, 2.45) is 5.92 Å². The highest BCUT2D eigenvalue weighted by atomic mass is 16.3. The standard InChI is InChI=1S/C19H23N5O6/c1-11-5-7-19(8-6-11)15(27)24(17(29)21-19)22-13(25)10-23-14(26)18(2,20-16(23)28)12-4-3-9-30-12/h3-4,9,11H,5-8,10H2,1-2H3,(H,20,28)(H,21,29)(H,22,25). The molecule has 7 amide bonds. The van der Waals surface area contributed by atoms with Gasteiger partial charge in [0.1, 0.15) is 17.8 Å². The number of hydrazine groups is 1. The van der Waals surface area contributed by atoms with Gasteiger partial charge in [-0.1, -0.05) is 6.92 Å². The molecule has 1 aromatic rings. The summed E-state index contributed by atoms with van der Waals surface area (Å²) in [4.78, 5) is 63.3. The Labute approximate surface area is 172 Å². The molecule has 1 atom stereocenters. The van der Waals surface area contributed by atoms with Crippen molar-refractivity contribution in [3.05, 3.63) is 24.2 Å². The molecule has 0 radical (unpaired) electrons. The van der Waals surface area contributed by atoms with Crippen LogP contribution < -0.4 is 16.1 Å². The molecule has 3 heterocycles. The number of imide groups is 2. The van der Waals surface area contributed by atoms with Crippen molar-refractivity contribution in [1.29, 1.82) is 0 Å². The first-order chi connectivity index (χ1) is 14.2. The first-order valence-corrected chi connectivity index (χ1v) is 9.80. The van der Waals surface area contributed by atoms with Crippen LogP contribution in [-0.2, 0) is 19.9 Å². The van der Waals surface area contributed by atoms with Crippen molar-refractivity contribution in [2.45, 2.75) is 50.6 Å². The smallest absolute Gasteiger partial charge is 0.344 e. The fourth-order valence-corrected chi connectivity index (χ4v) is 4.19. The molecule has 3 aliphatic rings. The number of hydrogen-bond acceptors (Lipinski definition) is 6. The third kappa shape index (κ3) is 3.01. The quantitative estimate of drug-likeness (QED) is 0.612. The lowest BCUT2D eigenvalue weighted by molar-refractivity contribution is -0.141. The third-order valence-corrected chi connectivity index (χ3v) is 6.12. The second-order valence-electron chi connectivity index (χ2n) is 8.29. The van der Waals surface area contributed by atoms with E-state index in [0.717, 1.165) is 12.8 Å². The van der Waals surface area contributed by atoms with Gasteiger partial charge in [0.15, 0.2) is 5.54 Å². The summed E-state index contributed by atoms with van der Waals surface area (Å²) in [7, 11) is 0. The molecule has 30 heavy (non-hydrogen) atoms. The monoisotopic (exact) mass is 417 g/mol. The maximum Gasteiger partial charge on any atom is 0.344 e. The molecule has 11 heteroatoms. The van der Waals surface area contributed by atoms with Gasteiger partial charge >= 0.3 is 12.1 Å². The van der Waals surface area contributed by atoms with Crippen LogP contribution in [0.5, 0.6) is 0 Å². The van der Waals surface area contributed by atoms with E-state index in [4.69, 9.17) is 4.42 Å². The first-order valence-electron chi connectivity index (χ1n) is 9.80. The van der Waals surface area contributed by atoms with Gasteiger partial charge in [0.05, 0.1) is 6.26 Å². The maximum absolute atomic E-state index is 12.8. The number of nitrogens with zero attached hydrogens (tertiary/aromatic N) is 2. The van der Waals surface area contributed by atoms with E-state index >= 15 is 0 Å². The Hall–Kier alpha value is -3.37. The van der Waals surface area contributed by atoms with E-state index in [-0.39, 0.29) is 5.76 Å². The van der Waals surface area contributed by atoms with Crippen LogP contribution in [0, 0.1) is 5.92 Å². The van der Waals surface area contributed by atoms with Crippen LogP contribution in [-0.4, -0.2) is 51.8 Å². The van der Waals surface area contributed by atoms with Gasteiger partial charge in [-0.05, 0) is 50.7 Å². The third-order valence-electron chi connectivity index (χ3n) is 6.12. The largest absolute Gasteiger partial charge is 0.466 e. The Morgan fingerprint density at radius 1 is 1.17 bits per heavy atom. The van der Waals surface area contributed by atoms with Crippen LogP contribution in [0.4, 0.5) is 9.59 Å². The Bertz CT molecular complexity index is 920. The van der Waals surface area contributed by atoms with Crippen molar-refractivity contribution in [3.63, 3.8) is 0 Å². The van der Waals surface area contributed by atoms with Crippen LogP contribution in [0.25, 0.3) is 0 Å². The zero-order chi connectivity index (χ0) is 21.7. The Kier molecular flexibility index (Phi) is 4.55. The van der Waals surface area contributed by atoms with Gasteiger partial charge in [0.25, 0.3) is 17.7 Å². The lowest BCUT2D eigenvalue weighted by Crippen LogP contribution is -2.53. The number of carbonyl (C=O) groups is 5. The predicted molar refractivity (Wildman–Crippen MR) is 100 cm³/mol. The molecule has 0 aromatic carbocycles. The van der Waals surface area contributed by atoms with E-state index in [1.54, 1.807) is 12.1 Å². The van der Waals surface area contributed by atoms with Crippen molar-refractivity contribution in [2.75, 3.05) is 6.54 Å². The first kappa shape index (κ1) is 19.9. The predicted octanol–water partition coefficient (Wildman–Crippen LogP) is 0.579. The maximum atomic E-state index is 12.8. The summed E-state index contributed by atoms with van der Waals surface area (Å²) in [5.41, 5.74) is -0.218. The van der Waals surface area contributed by atoms with Gasteiger partial charge in [0.2, 0.25) is 0 Å². The molecule has 1 aromatic heterocycles. The van der Waals surface area contributed by atoms with Crippen molar-refractivity contribution < 1.29 is 28.4 Å². The van der Waals surface area contributed by atoms with Gasteiger partial charge < -0.3 is 15.1 Å². The van der Waals surface area contributed by atoms with Crippen molar-refractivity contribution in [1.82, 2.24) is 26.0 Å². The van der Waals surface area contributed by atoms with E-state index < -0.39 is 47.4 Å². The Morgan fingerprint density at radius 3 is 2.50 bits per heavy atom. The molecule has 11 nitrogen and oxygen atoms in total. The van der Waals surface area contributed by atoms with Crippen LogP contribution >= 0.6 is 0 Å². The van der Waals surface area contributed by atoms with Gasteiger partial charge in [-0.15, -0.1) is 0 Å². The number of urea groups is 2. The molecule has 1 saturated carbocycles. The van der Waals surface area contributed by atoms with E-state index in [9.17, 15) is 24.0 Å². The van der Waals surface area contributed by atoms with Gasteiger partial charge in [-0.25, -0.2) is 9.59 Å². The summed E-state index contributed by atoms with van der Waals surface area (Å²) in [5, 5.41) is 5.83. The molecular formula is C19H23N5O6. The molecule has 3 N–H and O–H groups in total. The molecule has 1 aliphatic carbocycles. The molecule has 2 aliphatic heterocycles. The topological polar surface area (TPSA) is 141 Å². The van der Waals surface area contributed by atoms with Crippen molar-refractivity contribution in [3.8, 4) is 0 Å². The summed E-state index contributed by atoms with van der Waals surface area (Å²) in [5.74, 6) is -1.34. The zero-order valence-electron chi connectivity index (χ0n) is 16.7. The van der Waals surface area contributed by atoms with Crippen LogP contribution in [0.15, 0.2) is 22.8 Å². The minimum atomic E-state index is -1.44. The number of nitrogens with one attached hydrogen (secondary N) is 3. The fraction of sp³-hybridized carbons (Fsp3) is 0.526. The van der Waals surface area contributed by atoms with E-state index in [0.29, 0.717) is 28.7 Å². The molecule has 1 spiro atoms. The Balaban J connectivity index is 1.43. The Morgan fingerprint density at radius 2 is 1.87 bits per heavy atom. The zero-order valence-corrected chi connectivity index (χ0v) is 16.7. The molecule has 3 fully saturated rings. The SMILES string of the molecule is CC1CCC2(CC1)NC(=O)N(NC(=O)CN1C(=O)NC(C)(c3ccco3)C1=O)C2=O. The summed E-state index contributed by atoms with van der Waals surface area (Å²) < 4.78 is 5.23. The number of amides is 7. The van der Waals surface area contributed by atoms with Crippen molar-refractivity contribution >= 4 is 29.8 Å². The lowest BCUT2D eigenvalue weighted by atomic mass is 9.77. The highest BCUT2D eigenvalue weighted by molar-refractivity contribution is 6.10. The van der Waals surface area contributed by atoms with E-state index in [1.165, 1.54) is 13.2 Å². The lowest BCUT2D eigenvalue weighted by Gasteiger charge is -2.33. The minimum absolute atomic E-state index is 0.228. The van der Waals surface area contributed by atoms with E-state index in [1.807, 2.05) is 0 Å². The van der Waals surface area contributed by atoms with Gasteiger partial charge in [-0.3, -0.25) is 24.7 Å². The summed E-state index contributed by atoms with van der Waals surface area (Å²) in [6.45, 7) is 2.90. The normalized spacial score (nSPS) is 31.3. The van der Waals surface area contributed by atoms with Gasteiger partial charge in [-0.2, -0.15) is 5.01 Å². The summed E-state index contributed by atoms with van der Waals surface area (Å²) in [6, 6.07) is 1.62. The molecule has 160 valence electrons. The number of hydrogen-bond donors (Lipinski definition) is 3.